The molecule has 0 saturated heterocycles. The molecule has 2 N–H and O–H groups in total. The number of rotatable bonds is 5. The minimum Gasteiger partial charge on any atom is -0.330 e. The van der Waals surface area contributed by atoms with Crippen molar-refractivity contribution in [3.63, 3.8) is 0 Å². The number of hydrogen-bond acceptors (Lipinski definition) is 4. The van der Waals surface area contributed by atoms with E-state index in [9.17, 15) is 0 Å². The molecule has 0 spiro atoms. The third kappa shape index (κ3) is 2.48. The molecule has 0 bridgehead atoms. The lowest BCUT2D eigenvalue weighted by Crippen LogP contribution is -2.22. The van der Waals surface area contributed by atoms with Crippen molar-refractivity contribution in [2.75, 3.05) is 18.0 Å². The second kappa shape index (κ2) is 5.71. The van der Waals surface area contributed by atoms with Crippen LogP contribution in [-0.2, 0) is 0 Å². The lowest BCUT2D eigenvalue weighted by molar-refractivity contribution is 0.807. The van der Waals surface area contributed by atoms with Gasteiger partial charge in [-0.1, -0.05) is 18.2 Å². The Bertz CT molecular complexity index is 677. The summed E-state index contributed by atoms with van der Waals surface area (Å²) in [5.41, 5.74) is 7.61. The molecule has 102 valence electrons. The van der Waals surface area contributed by atoms with Gasteiger partial charge in [-0.3, -0.25) is 0 Å². The Morgan fingerprint density at radius 2 is 1.95 bits per heavy atom. The van der Waals surface area contributed by atoms with Gasteiger partial charge in [0.2, 0.25) is 0 Å². The van der Waals surface area contributed by atoms with Crippen LogP contribution in [-0.4, -0.2) is 27.7 Å². The molecule has 3 aromatic rings. The van der Waals surface area contributed by atoms with Gasteiger partial charge in [0.25, 0.3) is 0 Å². The van der Waals surface area contributed by atoms with Gasteiger partial charge < -0.3 is 10.6 Å². The normalized spacial score (nSPS) is 10.8. The van der Waals surface area contributed by atoms with Gasteiger partial charge in [-0.2, -0.15) is 5.10 Å². The summed E-state index contributed by atoms with van der Waals surface area (Å²) in [7, 11) is 0. The van der Waals surface area contributed by atoms with Gasteiger partial charge in [0.05, 0.1) is 6.20 Å². The third-order valence-corrected chi connectivity index (χ3v) is 3.17. The van der Waals surface area contributed by atoms with Crippen molar-refractivity contribution in [3.05, 3.63) is 54.9 Å². The van der Waals surface area contributed by atoms with E-state index in [4.69, 9.17) is 5.73 Å². The Hall–Kier alpha value is -2.40. The summed E-state index contributed by atoms with van der Waals surface area (Å²) in [6, 6.07) is 14.1. The van der Waals surface area contributed by atoms with E-state index in [0.717, 1.165) is 30.1 Å². The SMILES string of the molecule is NCCCN(c1ccccc1)c1ccn2nccc2n1. The molecule has 0 aliphatic carbocycles. The molecule has 0 fully saturated rings. The molecule has 0 saturated carbocycles. The standard InChI is InChI=1S/C15H17N5/c16-9-4-11-19(13-5-2-1-3-6-13)14-8-12-20-15(18-14)7-10-17-20/h1-3,5-8,10,12H,4,9,11,16H2. The van der Waals surface area contributed by atoms with Crippen LogP contribution in [0.5, 0.6) is 0 Å². The molecule has 20 heavy (non-hydrogen) atoms. The number of hydrogen-bond donors (Lipinski definition) is 1. The first-order valence-corrected chi connectivity index (χ1v) is 6.71. The van der Waals surface area contributed by atoms with E-state index in [2.05, 4.69) is 27.1 Å². The summed E-state index contributed by atoms with van der Waals surface area (Å²) >= 11 is 0. The first-order chi connectivity index (χ1) is 9.88. The van der Waals surface area contributed by atoms with Crippen LogP contribution in [0.1, 0.15) is 6.42 Å². The molecule has 0 aliphatic heterocycles. The highest BCUT2D eigenvalue weighted by Crippen LogP contribution is 2.23. The highest BCUT2D eigenvalue weighted by molar-refractivity contribution is 5.61. The van der Waals surface area contributed by atoms with E-state index in [1.807, 2.05) is 36.5 Å². The van der Waals surface area contributed by atoms with Crippen molar-refractivity contribution >= 4 is 17.2 Å². The van der Waals surface area contributed by atoms with Crippen molar-refractivity contribution in [1.29, 1.82) is 0 Å². The first kappa shape index (κ1) is 12.6. The molecule has 0 aliphatic rings. The molecule has 3 rings (SSSR count). The van der Waals surface area contributed by atoms with Gasteiger partial charge in [-0.05, 0) is 31.2 Å². The third-order valence-electron chi connectivity index (χ3n) is 3.17. The van der Waals surface area contributed by atoms with Gasteiger partial charge in [0.1, 0.15) is 5.82 Å². The Morgan fingerprint density at radius 3 is 2.75 bits per heavy atom. The Morgan fingerprint density at radius 1 is 1.10 bits per heavy atom. The van der Waals surface area contributed by atoms with Crippen LogP contribution in [0.4, 0.5) is 11.5 Å². The van der Waals surface area contributed by atoms with Gasteiger partial charge >= 0.3 is 0 Å². The minimum atomic E-state index is 0.665. The van der Waals surface area contributed by atoms with Crippen LogP contribution in [0.3, 0.4) is 0 Å². The molecular formula is C15H17N5. The number of nitrogens with two attached hydrogens (primary N) is 1. The maximum Gasteiger partial charge on any atom is 0.157 e. The van der Waals surface area contributed by atoms with Crippen LogP contribution in [0.25, 0.3) is 5.65 Å². The van der Waals surface area contributed by atoms with Crippen molar-refractivity contribution in [2.45, 2.75) is 6.42 Å². The Balaban J connectivity index is 1.99. The first-order valence-electron chi connectivity index (χ1n) is 6.71. The molecule has 0 amide bonds. The summed E-state index contributed by atoms with van der Waals surface area (Å²) in [4.78, 5) is 6.83. The highest BCUT2D eigenvalue weighted by atomic mass is 15.3. The van der Waals surface area contributed by atoms with E-state index in [0.29, 0.717) is 6.54 Å². The summed E-state index contributed by atoms with van der Waals surface area (Å²) < 4.78 is 1.76. The fourth-order valence-corrected chi connectivity index (χ4v) is 2.19. The molecule has 0 atom stereocenters. The maximum atomic E-state index is 5.65. The molecule has 5 nitrogen and oxygen atoms in total. The second-order valence-corrected chi connectivity index (χ2v) is 4.55. The summed E-state index contributed by atoms with van der Waals surface area (Å²) in [5, 5.41) is 4.17. The zero-order valence-corrected chi connectivity index (χ0v) is 11.2. The molecule has 5 heteroatoms. The number of benzene rings is 1. The van der Waals surface area contributed by atoms with E-state index in [-0.39, 0.29) is 0 Å². The second-order valence-electron chi connectivity index (χ2n) is 4.55. The molecule has 1 aromatic carbocycles. The maximum absolute atomic E-state index is 5.65. The van der Waals surface area contributed by atoms with Crippen molar-refractivity contribution < 1.29 is 0 Å². The summed E-state index contributed by atoms with van der Waals surface area (Å²) in [5.74, 6) is 0.914. The molecular weight excluding hydrogens is 250 g/mol. The predicted molar refractivity (Wildman–Crippen MR) is 80.1 cm³/mol. The van der Waals surface area contributed by atoms with Crippen molar-refractivity contribution in [2.24, 2.45) is 5.73 Å². The quantitative estimate of drug-likeness (QED) is 0.770. The van der Waals surface area contributed by atoms with E-state index < -0.39 is 0 Å². The molecule has 2 heterocycles. The number of aromatic nitrogens is 3. The lowest BCUT2D eigenvalue weighted by atomic mass is 10.2. The number of para-hydroxylation sites is 1. The summed E-state index contributed by atoms with van der Waals surface area (Å²) in [6.45, 7) is 1.51. The van der Waals surface area contributed by atoms with Crippen molar-refractivity contribution in [3.8, 4) is 0 Å². The van der Waals surface area contributed by atoms with Gasteiger partial charge in [0.15, 0.2) is 5.65 Å². The average molecular weight is 267 g/mol. The number of fused-ring (bicyclic) bond motifs is 1. The van der Waals surface area contributed by atoms with Crippen LogP contribution in [0, 0.1) is 0 Å². The molecule has 0 unspecified atom stereocenters. The van der Waals surface area contributed by atoms with E-state index in [1.165, 1.54) is 0 Å². The lowest BCUT2D eigenvalue weighted by Gasteiger charge is -2.23. The topological polar surface area (TPSA) is 59.5 Å². The van der Waals surface area contributed by atoms with Crippen LogP contribution in [0.15, 0.2) is 54.9 Å². The van der Waals surface area contributed by atoms with Crippen LogP contribution in [0.2, 0.25) is 0 Å². The largest absolute Gasteiger partial charge is 0.330 e. The highest BCUT2D eigenvalue weighted by Gasteiger charge is 2.10. The van der Waals surface area contributed by atoms with Crippen molar-refractivity contribution in [1.82, 2.24) is 14.6 Å². The fraction of sp³-hybridized carbons (Fsp3) is 0.200. The van der Waals surface area contributed by atoms with Gasteiger partial charge in [-0.25, -0.2) is 9.50 Å². The summed E-state index contributed by atoms with van der Waals surface area (Å²) in [6.07, 6.45) is 4.59. The zero-order valence-electron chi connectivity index (χ0n) is 11.2. The Kier molecular flexibility index (Phi) is 3.60. The smallest absolute Gasteiger partial charge is 0.157 e. The minimum absolute atomic E-state index is 0.665. The molecule has 0 radical (unpaired) electrons. The van der Waals surface area contributed by atoms with Crippen LogP contribution < -0.4 is 10.6 Å². The van der Waals surface area contributed by atoms with E-state index in [1.54, 1.807) is 10.7 Å². The number of anilines is 2. The Labute approximate surface area is 117 Å². The van der Waals surface area contributed by atoms with E-state index >= 15 is 0 Å². The molecule has 2 aromatic heterocycles. The average Bonchev–Trinajstić information content (AvgIpc) is 2.96. The fourth-order valence-electron chi connectivity index (χ4n) is 2.19. The zero-order chi connectivity index (χ0) is 13.8. The number of nitrogens with zero attached hydrogens (tertiary/aromatic N) is 4. The van der Waals surface area contributed by atoms with Gasteiger partial charge in [-0.15, -0.1) is 0 Å². The van der Waals surface area contributed by atoms with Gasteiger partial charge in [0, 0.05) is 24.5 Å². The van der Waals surface area contributed by atoms with Crippen LogP contribution >= 0.6 is 0 Å². The predicted octanol–water partition coefficient (Wildman–Crippen LogP) is 2.22. The monoisotopic (exact) mass is 267 g/mol.